The number of hydrogen-bond acceptors (Lipinski definition) is 4. The van der Waals surface area contributed by atoms with Crippen LogP contribution in [0.2, 0.25) is 0 Å². The molecule has 4 rings (SSSR count). The monoisotopic (exact) mass is 358 g/mol. The Morgan fingerprint density at radius 3 is 2.56 bits per heavy atom. The topological polar surface area (TPSA) is 49.3 Å². The van der Waals surface area contributed by atoms with Gasteiger partial charge in [-0.05, 0) is 29.8 Å². The maximum atomic E-state index is 12.6. The first-order chi connectivity index (χ1) is 13.3. The van der Waals surface area contributed by atoms with Crippen LogP contribution in [0.4, 0.5) is 0 Å². The van der Waals surface area contributed by atoms with Crippen LogP contribution in [-0.4, -0.2) is 51.9 Å². The van der Waals surface area contributed by atoms with Crippen molar-refractivity contribution in [3.8, 4) is 0 Å². The van der Waals surface area contributed by atoms with Gasteiger partial charge in [0.2, 0.25) is 5.91 Å². The van der Waals surface area contributed by atoms with E-state index in [1.54, 1.807) is 12.3 Å². The van der Waals surface area contributed by atoms with Gasteiger partial charge in [0.15, 0.2) is 0 Å². The molecule has 1 aliphatic rings. The van der Waals surface area contributed by atoms with Crippen LogP contribution in [0.25, 0.3) is 17.0 Å². The van der Waals surface area contributed by atoms with Crippen LogP contribution in [0.1, 0.15) is 11.1 Å². The molecule has 0 unspecified atom stereocenters. The maximum absolute atomic E-state index is 12.6. The smallest absolute Gasteiger partial charge is 0.246 e. The molecule has 0 atom stereocenters. The van der Waals surface area contributed by atoms with Crippen molar-refractivity contribution in [2.24, 2.45) is 0 Å². The molecule has 1 aromatic carbocycles. The van der Waals surface area contributed by atoms with Crippen LogP contribution < -0.4 is 0 Å². The standard InChI is InChI=1S/C22H22N4O/c27-21(7-6-20-4-1-3-19-5-2-10-24-22(19)20)26-15-13-25(14-16-26)17-18-8-11-23-12-9-18/h1-12H,13-17H2/b7-6+. The fourth-order valence-corrected chi connectivity index (χ4v) is 3.40. The predicted molar refractivity (Wildman–Crippen MR) is 107 cm³/mol. The summed E-state index contributed by atoms with van der Waals surface area (Å²) in [5, 5.41) is 1.08. The molecule has 0 saturated carbocycles. The SMILES string of the molecule is O=C(/C=C/c1cccc2cccnc12)N1CCN(Cc2ccncc2)CC1. The predicted octanol–water partition coefficient (Wildman–Crippen LogP) is 2.99. The fraction of sp³-hybridized carbons (Fsp3) is 0.227. The number of carbonyl (C=O) groups is 1. The average Bonchev–Trinajstić information content (AvgIpc) is 2.73. The largest absolute Gasteiger partial charge is 0.337 e. The van der Waals surface area contributed by atoms with Gasteiger partial charge in [0.05, 0.1) is 5.52 Å². The lowest BCUT2D eigenvalue weighted by Crippen LogP contribution is -2.47. The van der Waals surface area contributed by atoms with Crippen molar-refractivity contribution in [3.63, 3.8) is 0 Å². The van der Waals surface area contributed by atoms with Crippen molar-refractivity contribution in [1.82, 2.24) is 19.8 Å². The minimum absolute atomic E-state index is 0.0616. The summed E-state index contributed by atoms with van der Waals surface area (Å²) in [5.74, 6) is 0.0616. The molecule has 5 heteroatoms. The summed E-state index contributed by atoms with van der Waals surface area (Å²) in [6.45, 7) is 4.18. The third kappa shape index (κ3) is 4.20. The van der Waals surface area contributed by atoms with Crippen LogP contribution in [-0.2, 0) is 11.3 Å². The van der Waals surface area contributed by atoms with Gasteiger partial charge in [-0.2, -0.15) is 0 Å². The van der Waals surface area contributed by atoms with Crippen LogP contribution in [0, 0.1) is 0 Å². The van der Waals surface area contributed by atoms with E-state index >= 15 is 0 Å². The van der Waals surface area contributed by atoms with Crippen molar-refractivity contribution >= 4 is 22.9 Å². The molecule has 27 heavy (non-hydrogen) atoms. The van der Waals surface area contributed by atoms with Gasteiger partial charge < -0.3 is 4.90 Å². The molecular weight excluding hydrogens is 336 g/mol. The van der Waals surface area contributed by atoms with E-state index in [0.717, 1.165) is 49.2 Å². The first kappa shape index (κ1) is 17.4. The van der Waals surface area contributed by atoms with Crippen LogP contribution in [0.5, 0.6) is 0 Å². The highest BCUT2D eigenvalue weighted by molar-refractivity contribution is 5.95. The summed E-state index contributed by atoms with van der Waals surface area (Å²) in [7, 11) is 0. The van der Waals surface area contributed by atoms with Crippen LogP contribution in [0.3, 0.4) is 0 Å². The Labute approximate surface area is 159 Å². The molecule has 3 heterocycles. The van der Waals surface area contributed by atoms with E-state index in [-0.39, 0.29) is 5.91 Å². The van der Waals surface area contributed by atoms with E-state index in [1.807, 2.05) is 65.8 Å². The number of pyridine rings is 2. The minimum Gasteiger partial charge on any atom is -0.337 e. The summed E-state index contributed by atoms with van der Waals surface area (Å²) in [5.41, 5.74) is 3.15. The summed E-state index contributed by atoms with van der Waals surface area (Å²) in [6, 6.07) is 14.0. The molecule has 2 aromatic heterocycles. The van der Waals surface area contributed by atoms with Crippen molar-refractivity contribution in [3.05, 3.63) is 78.3 Å². The molecule has 1 amide bonds. The number of rotatable bonds is 4. The second-order valence-electron chi connectivity index (χ2n) is 6.71. The van der Waals surface area contributed by atoms with E-state index in [2.05, 4.69) is 14.9 Å². The molecule has 5 nitrogen and oxygen atoms in total. The van der Waals surface area contributed by atoms with Crippen molar-refractivity contribution in [2.75, 3.05) is 26.2 Å². The number of carbonyl (C=O) groups excluding carboxylic acids is 1. The van der Waals surface area contributed by atoms with E-state index in [4.69, 9.17) is 0 Å². The number of fused-ring (bicyclic) bond motifs is 1. The highest BCUT2D eigenvalue weighted by atomic mass is 16.2. The zero-order valence-electron chi connectivity index (χ0n) is 15.2. The molecule has 0 aliphatic carbocycles. The van der Waals surface area contributed by atoms with Gasteiger partial charge in [-0.3, -0.25) is 19.7 Å². The van der Waals surface area contributed by atoms with Gasteiger partial charge in [-0.1, -0.05) is 24.3 Å². The zero-order valence-corrected chi connectivity index (χ0v) is 15.2. The second kappa shape index (κ2) is 8.10. The second-order valence-corrected chi connectivity index (χ2v) is 6.71. The minimum atomic E-state index is 0.0616. The zero-order chi connectivity index (χ0) is 18.5. The molecule has 1 fully saturated rings. The molecule has 0 spiro atoms. The summed E-state index contributed by atoms with van der Waals surface area (Å²) < 4.78 is 0. The lowest BCUT2D eigenvalue weighted by atomic mass is 10.1. The number of hydrogen-bond donors (Lipinski definition) is 0. The third-order valence-electron chi connectivity index (χ3n) is 4.91. The number of benzene rings is 1. The van der Waals surface area contributed by atoms with E-state index < -0.39 is 0 Å². The fourth-order valence-electron chi connectivity index (χ4n) is 3.40. The molecule has 0 radical (unpaired) electrons. The Balaban J connectivity index is 1.36. The molecule has 136 valence electrons. The Kier molecular flexibility index (Phi) is 5.21. The number of aromatic nitrogens is 2. The lowest BCUT2D eigenvalue weighted by Gasteiger charge is -2.34. The van der Waals surface area contributed by atoms with Gasteiger partial charge in [0, 0.05) is 68.3 Å². The number of piperazine rings is 1. The molecule has 3 aromatic rings. The molecule has 0 bridgehead atoms. The maximum Gasteiger partial charge on any atom is 0.246 e. The van der Waals surface area contributed by atoms with Crippen molar-refractivity contribution in [2.45, 2.75) is 6.54 Å². The van der Waals surface area contributed by atoms with Gasteiger partial charge in [-0.15, -0.1) is 0 Å². The first-order valence-electron chi connectivity index (χ1n) is 9.21. The number of amides is 1. The van der Waals surface area contributed by atoms with E-state index in [9.17, 15) is 4.79 Å². The van der Waals surface area contributed by atoms with E-state index in [0.29, 0.717) is 0 Å². The van der Waals surface area contributed by atoms with E-state index in [1.165, 1.54) is 5.56 Å². The van der Waals surface area contributed by atoms with Gasteiger partial charge in [0.1, 0.15) is 0 Å². The van der Waals surface area contributed by atoms with Gasteiger partial charge >= 0.3 is 0 Å². The molecule has 1 aliphatic heterocycles. The summed E-state index contributed by atoms with van der Waals surface area (Å²) in [4.78, 5) is 25.3. The number of para-hydroxylation sites is 1. The van der Waals surface area contributed by atoms with Crippen LogP contribution in [0.15, 0.2) is 67.1 Å². The third-order valence-corrected chi connectivity index (χ3v) is 4.91. The average molecular weight is 358 g/mol. The lowest BCUT2D eigenvalue weighted by molar-refractivity contribution is -0.127. The highest BCUT2D eigenvalue weighted by Crippen LogP contribution is 2.17. The Bertz CT molecular complexity index is 941. The summed E-state index contributed by atoms with van der Waals surface area (Å²) in [6.07, 6.45) is 8.97. The van der Waals surface area contributed by atoms with Crippen molar-refractivity contribution in [1.29, 1.82) is 0 Å². The Morgan fingerprint density at radius 2 is 1.74 bits per heavy atom. The quantitative estimate of drug-likeness (QED) is 0.673. The van der Waals surface area contributed by atoms with Gasteiger partial charge in [-0.25, -0.2) is 0 Å². The molecule has 1 saturated heterocycles. The van der Waals surface area contributed by atoms with Crippen LogP contribution >= 0.6 is 0 Å². The molecular formula is C22H22N4O. The van der Waals surface area contributed by atoms with Gasteiger partial charge in [0.25, 0.3) is 0 Å². The number of nitrogens with zero attached hydrogens (tertiary/aromatic N) is 4. The van der Waals surface area contributed by atoms with Crippen molar-refractivity contribution < 1.29 is 4.79 Å². The summed E-state index contributed by atoms with van der Waals surface area (Å²) >= 11 is 0. The highest BCUT2D eigenvalue weighted by Gasteiger charge is 2.19. The normalized spacial score (nSPS) is 15.5. The molecule has 0 N–H and O–H groups in total. The first-order valence-corrected chi connectivity index (χ1v) is 9.21. The Morgan fingerprint density at radius 1 is 0.963 bits per heavy atom. The Hall–Kier alpha value is -3.05.